The summed E-state index contributed by atoms with van der Waals surface area (Å²) in [7, 11) is 0. The van der Waals surface area contributed by atoms with E-state index in [9.17, 15) is 19.2 Å². The molecular formula is C24H31N3O5S. The first-order valence-electron chi connectivity index (χ1n) is 10.8. The van der Waals surface area contributed by atoms with Crippen molar-refractivity contribution >= 4 is 35.0 Å². The van der Waals surface area contributed by atoms with E-state index in [2.05, 4.69) is 10.6 Å². The Bertz CT molecular complexity index is 942. The number of carbonyl (C=O) groups excluding carboxylic acids is 4. The van der Waals surface area contributed by atoms with Gasteiger partial charge in [-0.3, -0.25) is 14.4 Å². The van der Waals surface area contributed by atoms with E-state index >= 15 is 0 Å². The van der Waals surface area contributed by atoms with Gasteiger partial charge in [0.1, 0.15) is 6.04 Å². The van der Waals surface area contributed by atoms with Crippen molar-refractivity contribution < 1.29 is 23.9 Å². The van der Waals surface area contributed by atoms with Crippen LogP contribution in [-0.4, -0.2) is 54.3 Å². The molecule has 3 amide bonds. The molecule has 0 bridgehead atoms. The van der Waals surface area contributed by atoms with Gasteiger partial charge in [-0.05, 0) is 43.3 Å². The van der Waals surface area contributed by atoms with Crippen molar-refractivity contribution in [1.82, 2.24) is 15.5 Å². The first kappa shape index (κ1) is 26.1. The number of ether oxygens (including phenoxy) is 1. The van der Waals surface area contributed by atoms with Gasteiger partial charge in [-0.1, -0.05) is 37.6 Å². The summed E-state index contributed by atoms with van der Waals surface area (Å²) in [5.74, 6) is -2.11. The Labute approximate surface area is 198 Å². The van der Waals surface area contributed by atoms with Crippen LogP contribution in [-0.2, 0) is 25.7 Å². The number of benzene rings is 1. The van der Waals surface area contributed by atoms with Gasteiger partial charge in [-0.2, -0.15) is 0 Å². The van der Waals surface area contributed by atoms with Crippen molar-refractivity contribution in [2.45, 2.75) is 40.3 Å². The molecule has 0 radical (unpaired) electrons. The fourth-order valence-electron chi connectivity index (χ4n) is 2.95. The predicted octanol–water partition coefficient (Wildman–Crippen LogP) is 2.52. The average Bonchev–Trinajstić information content (AvgIpc) is 3.31. The van der Waals surface area contributed by atoms with E-state index in [-0.39, 0.29) is 18.4 Å². The molecule has 0 fully saturated rings. The fourth-order valence-corrected chi connectivity index (χ4v) is 3.59. The summed E-state index contributed by atoms with van der Waals surface area (Å²) in [5.41, 5.74) is 1.45. The second-order valence-corrected chi connectivity index (χ2v) is 8.97. The lowest BCUT2D eigenvalue weighted by molar-refractivity contribution is -0.154. The zero-order valence-electron chi connectivity index (χ0n) is 19.4. The smallest absolute Gasteiger partial charge is 0.329 e. The van der Waals surface area contributed by atoms with Crippen LogP contribution in [0.2, 0.25) is 0 Å². The van der Waals surface area contributed by atoms with Gasteiger partial charge in [0.25, 0.3) is 11.8 Å². The van der Waals surface area contributed by atoms with Crippen LogP contribution in [0.25, 0.3) is 0 Å². The van der Waals surface area contributed by atoms with Crippen molar-refractivity contribution in [2.75, 3.05) is 19.7 Å². The van der Waals surface area contributed by atoms with Gasteiger partial charge in [0.05, 0.1) is 13.1 Å². The molecule has 178 valence electrons. The Morgan fingerprint density at radius 3 is 2.36 bits per heavy atom. The van der Waals surface area contributed by atoms with E-state index in [4.69, 9.17) is 4.74 Å². The first-order valence-corrected chi connectivity index (χ1v) is 11.7. The fraction of sp³-hybridized carbons (Fsp3) is 0.417. The number of nitrogens with one attached hydrogen (secondary N) is 2. The highest BCUT2D eigenvalue weighted by Crippen LogP contribution is 2.09. The summed E-state index contributed by atoms with van der Waals surface area (Å²) in [5, 5.41) is 7.37. The minimum absolute atomic E-state index is 0.129. The van der Waals surface area contributed by atoms with Gasteiger partial charge in [-0.15, -0.1) is 11.3 Å². The maximum Gasteiger partial charge on any atom is 0.329 e. The SMILES string of the molecule is CCN(CC(=O)NCc1cccs1)C(=O)COC(=O)[C@@H](NC(=O)c1ccc(C)cc1)C(C)C. The molecule has 0 saturated heterocycles. The van der Waals surface area contributed by atoms with E-state index in [1.165, 1.54) is 16.2 Å². The van der Waals surface area contributed by atoms with Crippen LogP contribution in [0.4, 0.5) is 0 Å². The van der Waals surface area contributed by atoms with Crippen LogP contribution in [0.15, 0.2) is 41.8 Å². The third-order valence-corrected chi connectivity index (χ3v) is 5.84. The van der Waals surface area contributed by atoms with Gasteiger partial charge in [-0.25, -0.2) is 4.79 Å². The Morgan fingerprint density at radius 1 is 1.09 bits per heavy atom. The van der Waals surface area contributed by atoms with E-state index in [0.29, 0.717) is 18.7 Å². The van der Waals surface area contributed by atoms with Gasteiger partial charge in [0.15, 0.2) is 6.61 Å². The zero-order chi connectivity index (χ0) is 24.4. The summed E-state index contributed by atoms with van der Waals surface area (Å²) in [6.07, 6.45) is 0. The number of thiophene rings is 1. The molecular weight excluding hydrogens is 442 g/mol. The highest BCUT2D eigenvalue weighted by Gasteiger charge is 2.27. The number of rotatable bonds is 11. The number of amides is 3. The van der Waals surface area contributed by atoms with Crippen LogP contribution in [0, 0.1) is 12.8 Å². The Balaban J connectivity index is 1.86. The zero-order valence-corrected chi connectivity index (χ0v) is 20.2. The van der Waals surface area contributed by atoms with Gasteiger partial charge < -0.3 is 20.3 Å². The molecule has 8 nitrogen and oxygen atoms in total. The maximum absolute atomic E-state index is 12.6. The number of aryl methyl sites for hydroxylation is 1. The van der Waals surface area contributed by atoms with E-state index in [1.807, 2.05) is 36.6 Å². The average molecular weight is 474 g/mol. The largest absolute Gasteiger partial charge is 0.454 e. The van der Waals surface area contributed by atoms with Crippen molar-refractivity contribution in [2.24, 2.45) is 5.92 Å². The molecule has 9 heteroatoms. The van der Waals surface area contributed by atoms with Gasteiger partial charge in [0, 0.05) is 17.0 Å². The number of hydrogen-bond acceptors (Lipinski definition) is 6. The van der Waals surface area contributed by atoms with Crippen LogP contribution >= 0.6 is 11.3 Å². The standard InChI is InChI=1S/C24H31N3O5S/c1-5-27(14-20(28)25-13-19-7-6-12-33-19)21(29)15-32-24(31)22(16(2)3)26-23(30)18-10-8-17(4)9-11-18/h6-12,16,22H,5,13-15H2,1-4H3,(H,25,28)(H,26,30)/t22-/m0/s1. The topological polar surface area (TPSA) is 105 Å². The predicted molar refractivity (Wildman–Crippen MR) is 127 cm³/mol. The van der Waals surface area contributed by atoms with E-state index in [0.717, 1.165) is 10.4 Å². The second-order valence-electron chi connectivity index (χ2n) is 7.93. The van der Waals surface area contributed by atoms with E-state index in [1.54, 1.807) is 32.9 Å². The normalized spacial score (nSPS) is 11.5. The number of nitrogens with zero attached hydrogens (tertiary/aromatic N) is 1. The summed E-state index contributed by atoms with van der Waals surface area (Å²) in [6.45, 7) is 7.27. The lowest BCUT2D eigenvalue weighted by atomic mass is 10.0. The summed E-state index contributed by atoms with van der Waals surface area (Å²) in [4.78, 5) is 52.1. The molecule has 0 unspecified atom stereocenters. The van der Waals surface area contributed by atoms with Crippen molar-refractivity contribution in [1.29, 1.82) is 0 Å². The highest BCUT2D eigenvalue weighted by molar-refractivity contribution is 7.09. The number of hydrogen-bond donors (Lipinski definition) is 2. The molecule has 2 N–H and O–H groups in total. The molecule has 2 rings (SSSR count). The Hall–Kier alpha value is -3.20. The van der Waals surface area contributed by atoms with Crippen molar-refractivity contribution in [3.05, 3.63) is 57.8 Å². The molecule has 0 aliphatic carbocycles. The first-order chi connectivity index (χ1) is 15.7. The lowest BCUT2D eigenvalue weighted by Gasteiger charge is -2.23. The van der Waals surface area contributed by atoms with Crippen LogP contribution < -0.4 is 10.6 Å². The Morgan fingerprint density at radius 2 is 1.79 bits per heavy atom. The minimum atomic E-state index is -0.907. The van der Waals surface area contributed by atoms with Crippen LogP contribution in [0.5, 0.6) is 0 Å². The number of likely N-dealkylation sites (N-methyl/N-ethyl adjacent to an activating group) is 1. The molecule has 0 saturated carbocycles. The van der Waals surface area contributed by atoms with Crippen LogP contribution in [0.3, 0.4) is 0 Å². The summed E-state index contributed by atoms with van der Waals surface area (Å²) < 4.78 is 5.19. The van der Waals surface area contributed by atoms with Crippen molar-refractivity contribution in [3.63, 3.8) is 0 Å². The van der Waals surface area contributed by atoms with Crippen molar-refractivity contribution in [3.8, 4) is 0 Å². The summed E-state index contributed by atoms with van der Waals surface area (Å²) in [6, 6.07) is 9.89. The molecule has 2 aromatic rings. The molecule has 33 heavy (non-hydrogen) atoms. The Kier molecular flexibility index (Phi) is 10.1. The quantitative estimate of drug-likeness (QED) is 0.488. The maximum atomic E-state index is 12.6. The second kappa shape index (κ2) is 12.7. The molecule has 1 aromatic heterocycles. The molecule has 1 heterocycles. The van der Waals surface area contributed by atoms with Gasteiger partial charge in [0.2, 0.25) is 5.91 Å². The third kappa shape index (κ3) is 8.34. The number of carbonyl (C=O) groups is 4. The number of esters is 1. The van der Waals surface area contributed by atoms with Crippen LogP contribution in [0.1, 0.15) is 41.6 Å². The van der Waals surface area contributed by atoms with Gasteiger partial charge >= 0.3 is 5.97 Å². The molecule has 0 spiro atoms. The molecule has 0 aliphatic rings. The lowest BCUT2D eigenvalue weighted by Crippen LogP contribution is -2.47. The monoisotopic (exact) mass is 473 g/mol. The third-order valence-electron chi connectivity index (χ3n) is 4.97. The molecule has 1 atom stereocenters. The summed E-state index contributed by atoms with van der Waals surface area (Å²) >= 11 is 1.53. The molecule has 1 aromatic carbocycles. The van der Waals surface area contributed by atoms with E-state index < -0.39 is 30.4 Å². The minimum Gasteiger partial charge on any atom is -0.454 e. The highest BCUT2D eigenvalue weighted by atomic mass is 32.1. The molecule has 0 aliphatic heterocycles.